The van der Waals surface area contributed by atoms with E-state index >= 15 is 0 Å². The van der Waals surface area contributed by atoms with Crippen molar-refractivity contribution < 1.29 is 14.5 Å². The third-order valence-corrected chi connectivity index (χ3v) is 3.45. The maximum atomic E-state index is 12.1. The Balaban J connectivity index is 2.05. The zero-order valence-electron chi connectivity index (χ0n) is 12.0. The van der Waals surface area contributed by atoms with Crippen molar-refractivity contribution in [1.29, 1.82) is 0 Å². The molecular weight excluding hydrogens is 343 g/mol. The Hall–Kier alpha value is -2.31. The first-order valence-corrected chi connectivity index (χ1v) is 7.29. The number of hydrogen-bond donors (Lipinski definition) is 1. The fourth-order valence-electron chi connectivity index (χ4n) is 1.75. The zero-order chi connectivity index (χ0) is 17.0. The van der Waals surface area contributed by atoms with Gasteiger partial charge in [0.25, 0.3) is 11.6 Å². The molecule has 0 radical (unpaired) electrons. The van der Waals surface area contributed by atoms with Crippen molar-refractivity contribution in [3.05, 3.63) is 62.6 Å². The van der Waals surface area contributed by atoms with Gasteiger partial charge in [0.1, 0.15) is 5.75 Å². The highest BCUT2D eigenvalue weighted by Crippen LogP contribution is 2.27. The van der Waals surface area contributed by atoms with Crippen LogP contribution in [0.5, 0.6) is 5.75 Å². The number of benzene rings is 2. The number of amides is 1. The van der Waals surface area contributed by atoms with Gasteiger partial charge in [0.15, 0.2) is 6.10 Å². The lowest BCUT2D eigenvalue weighted by molar-refractivity contribution is -0.384. The highest BCUT2D eigenvalue weighted by Gasteiger charge is 2.17. The molecule has 2 rings (SSSR count). The molecule has 1 amide bonds. The van der Waals surface area contributed by atoms with Crippen LogP contribution in [-0.4, -0.2) is 16.9 Å². The van der Waals surface area contributed by atoms with Gasteiger partial charge in [0.2, 0.25) is 0 Å². The number of carbonyl (C=O) groups excluding carboxylic acids is 1. The number of ether oxygens (including phenoxy) is 1. The minimum absolute atomic E-state index is 0.0718. The fraction of sp³-hybridized carbons (Fsp3) is 0.133. The number of anilines is 1. The highest BCUT2D eigenvalue weighted by atomic mass is 35.5. The van der Waals surface area contributed by atoms with E-state index in [0.29, 0.717) is 10.8 Å². The van der Waals surface area contributed by atoms with Crippen LogP contribution in [0.25, 0.3) is 0 Å². The second-order valence-electron chi connectivity index (χ2n) is 4.63. The molecule has 2 aromatic carbocycles. The first-order chi connectivity index (χ1) is 10.9. The lowest BCUT2D eigenvalue weighted by atomic mass is 10.2. The average Bonchev–Trinajstić information content (AvgIpc) is 2.49. The standard InChI is InChI=1S/C15H12Cl2N2O4/c1-9(23-12-4-2-3-10(16)7-12)15(20)18-14-6-5-11(19(21)22)8-13(14)17/h2-9H,1H3,(H,18,20)/t9-/m0/s1. The minimum atomic E-state index is -0.806. The molecule has 0 heterocycles. The van der Waals surface area contributed by atoms with Crippen molar-refractivity contribution >= 4 is 40.5 Å². The van der Waals surface area contributed by atoms with Gasteiger partial charge in [-0.15, -0.1) is 0 Å². The summed E-state index contributed by atoms with van der Waals surface area (Å²) in [5, 5.41) is 13.8. The third-order valence-electron chi connectivity index (χ3n) is 2.90. The Morgan fingerprint density at radius 1 is 1.26 bits per heavy atom. The number of hydrogen-bond acceptors (Lipinski definition) is 4. The number of non-ortho nitro benzene ring substituents is 1. The molecule has 0 saturated heterocycles. The lowest BCUT2D eigenvalue weighted by Gasteiger charge is -2.15. The van der Waals surface area contributed by atoms with E-state index in [1.54, 1.807) is 31.2 Å². The van der Waals surface area contributed by atoms with Crippen LogP contribution in [0.1, 0.15) is 6.92 Å². The largest absolute Gasteiger partial charge is 0.481 e. The Labute approximate surface area is 142 Å². The first kappa shape index (κ1) is 17.1. The molecule has 8 heteroatoms. The molecule has 0 unspecified atom stereocenters. The molecule has 0 aromatic heterocycles. The van der Waals surface area contributed by atoms with Crippen LogP contribution in [0.15, 0.2) is 42.5 Å². The summed E-state index contributed by atoms with van der Waals surface area (Å²) in [6.45, 7) is 1.57. The van der Waals surface area contributed by atoms with Crippen LogP contribution in [0.4, 0.5) is 11.4 Å². The van der Waals surface area contributed by atoms with Crippen LogP contribution in [0, 0.1) is 10.1 Å². The van der Waals surface area contributed by atoms with Crippen LogP contribution in [0.3, 0.4) is 0 Å². The summed E-state index contributed by atoms with van der Waals surface area (Å²) < 4.78 is 5.48. The van der Waals surface area contributed by atoms with Crippen molar-refractivity contribution in [3.8, 4) is 5.75 Å². The van der Waals surface area contributed by atoms with Gasteiger partial charge in [-0.05, 0) is 31.2 Å². The number of nitrogens with zero attached hydrogens (tertiary/aromatic N) is 1. The summed E-state index contributed by atoms with van der Waals surface area (Å²) in [7, 11) is 0. The Morgan fingerprint density at radius 2 is 2.00 bits per heavy atom. The van der Waals surface area contributed by atoms with Crippen molar-refractivity contribution in [2.75, 3.05) is 5.32 Å². The SMILES string of the molecule is C[C@H](Oc1cccc(Cl)c1)C(=O)Nc1ccc([N+](=O)[O-])cc1Cl. The maximum absolute atomic E-state index is 12.1. The highest BCUT2D eigenvalue weighted by molar-refractivity contribution is 6.34. The van der Waals surface area contributed by atoms with Crippen molar-refractivity contribution in [2.45, 2.75) is 13.0 Å². The monoisotopic (exact) mass is 354 g/mol. The lowest BCUT2D eigenvalue weighted by Crippen LogP contribution is -2.30. The van der Waals surface area contributed by atoms with E-state index in [2.05, 4.69) is 5.32 Å². The molecule has 2 aromatic rings. The number of halogens is 2. The predicted octanol–water partition coefficient (Wildman–Crippen LogP) is 4.31. The topological polar surface area (TPSA) is 81.5 Å². The Morgan fingerprint density at radius 3 is 2.61 bits per heavy atom. The third kappa shape index (κ3) is 4.58. The molecule has 0 saturated carbocycles. The molecule has 0 aliphatic heterocycles. The van der Waals surface area contributed by atoms with Gasteiger partial charge in [-0.2, -0.15) is 0 Å². The van der Waals surface area contributed by atoms with E-state index in [4.69, 9.17) is 27.9 Å². The van der Waals surface area contributed by atoms with E-state index in [-0.39, 0.29) is 16.4 Å². The van der Waals surface area contributed by atoms with Gasteiger partial charge in [0, 0.05) is 17.2 Å². The molecule has 0 fully saturated rings. The normalized spacial score (nSPS) is 11.6. The molecule has 23 heavy (non-hydrogen) atoms. The van der Waals surface area contributed by atoms with Gasteiger partial charge in [0.05, 0.1) is 15.6 Å². The molecule has 120 valence electrons. The van der Waals surface area contributed by atoms with Crippen LogP contribution < -0.4 is 10.1 Å². The fourth-order valence-corrected chi connectivity index (χ4v) is 2.15. The van der Waals surface area contributed by atoms with E-state index < -0.39 is 16.9 Å². The summed E-state index contributed by atoms with van der Waals surface area (Å²) in [6, 6.07) is 10.4. The minimum Gasteiger partial charge on any atom is -0.481 e. The number of nitro groups is 1. The smallest absolute Gasteiger partial charge is 0.271 e. The summed E-state index contributed by atoms with van der Waals surface area (Å²) in [4.78, 5) is 22.2. The summed E-state index contributed by atoms with van der Waals surface area (Å²) in [5.41, 5.74) is 0.111. The van der Waals surface area contributed by atoms with Gasteiger partial charge in [-0.25, -0.2) is 0 Å². The van der Waals surface area contributed by atoms with Gasteiger partial charge in [-0.3, -0.25) is 14.9 Å². The van der Waals surface area contributed by atoms with E-state index in [1.807, 2.05) is 0 Å². The molecule has 0 aliphatic rings. The van der Waals surface area contributed by atoms with Crippen LogP contribution in [0.2, 0.25) is 10.0 Å². The molecule has 0 bridgehead atoms. The van der Waals surface area contributed by atoms with Gasteiger partial charge >= 0.3 is 0 Å². The molecule has 0 spiro atoms. The summed E-state index contributed by atoms with van der Waals surface area (Å²) in [5.74, 6) is 0.00988. The number of rotatable bonds is 5. The van der Waals surface area contributed by atoms with Crippen molar-refractivity contribution in [2.24, 2.45) is 0 Å². The Bertz CT molecular complexity index is 752. The molecule has 1 atom stereocenters. The maximum Gasteiger partial charge on any atom is 0.271 e. The first-order valence-electron chi connectivity index (χ1n) is 6.54. The number of nitro benzene ring substituents is 1. The van der Waals surface area contributed by atoms with Crippen LogP contribution >= 0.6 is 23.2 Å². The molecule has 1 N–H and O–H groups in total. The van der Waals surface area contributed by atoms with E-state index in [9.17, 15) is 14.9 Å². The van der Waals surface area contributed by atoms with Gasteiger partial charge < -0.3 is 10.1 Å². The number of carbonyl (C=O) groups is 1. The number of nitrogens with one attached hydrogen (secondary N) is 1. The Kier molecular flexibility index (Phi) is 5.41. The van der Waals surface area contributed by atoms with E-state index in [1.165, 1.54) is 18.2 Å². The van der Waals surface area contributed by atoms with Crippen molar-refractivity contribution in [1.82, 2.24) is 0 Å². The second-order valence-corrected chi connectivity index (χ2v) is 5.47. The summed E-state index contributed by atoms with van der Waals surface area (Å²) in [6.07, 6.45) is -0.806. The molecule has 0 aliphatic carbocycles. The van der Waals surface area contributed by atoms with Crippen LogP contribution in [-0.2, 0) is 4.79 Å². The van der Waals surface area contributed by atoms with Crippen molar-refractivity contribution in [3.63, 3.8) is 0 Å². The quantitative estimate of drug-likeness (QED) is 0.640. The second kappa shape index (κ2) is 7.30. The zero-order valence-corrected chi connectivity index (χ0v) is 13.5. The summed E-state index contributed by atoms with van der Waals surface area (Å²) >= 11 is 11.8. The predicted molar refractivity (Wildman–Crippen MR) is 88.3 cm³/mol. The van der Waals surface area contributed by atoms with Gasteiger partial charge in [-0.1, -0.05) is 29.3 Å². The average molecular weight is 355 g/mol. The van der Waals surface area contributed by atoms with E-state index in [0.717, 1.165) is 0 Å². The molecule has 6 nitrogen and oxygen atoms in total. The molecular formula is C15H12Cl2N2O4.